The minimum Gasteiger partial charge on any atom is -0.307 e. The first kappa shape index (κ1) is 61.1. The maximum atomic E-state index is 13.4. The van der Waals surface area contributed by atoms with E-state index in [1.807, 2.05) is 212 Å². The molecule has 8 heterocycles. The van der Waals surface area contributed by atoms with Crippen molar-refractivity contribution in [1.29, 1.82) is 0 Å². The summed E-state index contributed by atoms with van der Waals surface area (Å²) in [5.41, 5.74) is 25.6. The summed E-state index contributed by atoms with van der Waals surface area (Å²) in [6, 6.07) is 107. The number of hydrogen-bond acceptors (Lipinski definition) is 4. The molecule has 12 aromatic carbocycles. The Morgan fingerprint density at radius 1 is 0.170 bits per heavy atom. The molecular formula is C92H68N4O4. The predicted molar refractivity (Wildman–Crippen MR) is 411 cm³/mol. The summed E-state index contributed by atoms with van der Waals surface area (Å²) in [7, 11) is 0. The molecule has 0 radical (unpaired) electrons. The molecule has 100 heavy (non-hydrogen) atoms. The molecule has 20 rings (SSSR count). The molecule has 0 bridgehead atoms. The van der Waals surface area contributed by atoms with Gasteiger partial charge in [0.2, 0.25) is 0 Å². The van der Waals surface area contributed by atoms with Gasteiger partial charge in [-0.15, -0.1) is 0 Å². The zero-order valence-corrected chi connectivity index (χ0v) is 55.1. The molecule has 0 saturated heterocycles. The van der Waals surface area contributed by atoms with Crippen LogP contribution in [0.4, 0.5) is 0 Å². The molecule has 8 nitrogen and oxygen atoms in total. The molecular weight excluding hydrogens is 1230 g/mol. The first-order valence-corrected chi connectivity index (χ1v) is 34.5. The molecule has 0 saturated carbocycles. The van der Waals surface area contributed by atoms with Crippen molar-refractivity contribution < 1.29 is 0 Å². The minimum atomic E-state index is 0.113. The van der Waals surface area contributed by atoms with Crippen LogP contribution in [0.2, 0.25) is 0 Å². The van der Waals surface area contributed by atoms with Crippen LogP contribution in [0.5, 0.6) is 0 Å². The zero-order valence-electron chi connectivity index (χ0n) is 55.1. The number of pyridine rings is 4. The Hall–Kier alpha value is -12.5. The fourth-order valence-corrected chi connectivity index (χ4v) is 16.1. The van der Waals surface area contributed by atoms with Crippen LogP contribution in [0, 0.1) is 0 Å². The normalized spacial score (nSPS) is 12.6. The van der Waals surface area contributed by atoms with Crippen molar-refractivity contribution in [3.05, 3.63) is 379 Å². The minimum absolute atomic E-state index is 0.113. The Labute approximate surface area is 578 Å². The van der Waals surface area contributed by atoms with Gasteiger partial charge < -0.3 is 18.3 Å². The van der Waals surface area contributed by atoms with Crippen molar-refractivity contribution in [2.75, 3.05) is 0 Å². The Bertz CT molecular complexity index is 5320. The van der Waals surface area contributed by atoms with Gasteiger partial charge in [-0.3, -0.25) is 19.2 Å². The maximum absolute atomic E-state index is 13.4. The van der Waals surface area contributed by atoms with Gasteiger partial charge in [-0.1, -0.05) is 315 Å². The second-order valence-electron chi connectivity index (χ2n) is 26.0. The molecule has 8 heteroatoms. The topological polar surface area (TPSA) is 88.0 Å². The van der Waals surface area contributed by atoms with Crippen LogP contribution in [-0.4, -0.2) is 18.3 Å². The van der Waals surface area contributed by atoms with Gasteiger partial charge in [0, 0.05) is 70.0 Å². The summed E-state index contributed by atoms with van der Waals surface area (Å²) in [6.45, 7) is 3.07. The average Bonchev–Trinajstić information content (AvgIpc) is 1.46. The highest BCUT2D eigenvalue weighted by Crippen LogP contribution is 2.43. The van der Waals surface area contributed by atoms with E-state index >= 15 is 0 Å². The Morgan fingerprint density at radius 3 is 0.500 bits per heavy atom. The van der Waals surface area contributed by atoms with Gasteiger partial charge in [-0.25, -0.2) is 0 Å². The summed E-state index contributed by atoms with van der Waals surface area (Å²) < 4.78 is 7.83. The van der Waals surface area contributed by atoms with Gasteiger partial charge in [-0.2, -0.15) is 0 Å². The standard InChI is InChI=1S/4C23H17NO/c4*25-23-21(17-10-5-2-6-11-17)20(16-8-3-1-4-9-16)19-13-7-12-18-14-15-24(23)22(18)19/h4*1-13H,14-15H2. The van der Waals surface area contributed by atoms with Gasteiger partial charge in [0.25, 0.3) is 22.2 Å². The molecule has 4 aliphatic rings. The van der Waals surface area contributed by atoms with E-state index in [4.69, 9.17) is 0 Å². The van der Waals surface area contributed by atoms with E-state index in [-0.39, 0.29) is 22.2 Å². The Balaban J connectivity index is 0.0000000997. The number of para-hydroxylation sites is 4. The lowest BCUT2D eigenvalue weighted by Gasteiger charge is -2.16. The van der Waals surface area contributed by atoms with Crippen molar-refractivity contribution in [2.45, 2.75) is 51.9 Å². The van der Waals surface area contributed by atoms with Gasteiger partial charge in [0.1, 0.15) is 0 Å². The van der Waals surface area contributed by atoms with Crippen LogP contribution in [0.3, 0.4) is 0 Å². The fourth-order valence-electron chi connectivity index (χ4n) is 16.1. The second kappa shape index (κ2) is 26.1. The Morgan fingerprint density at radius 2 is 0.330 bits per heavy atom. The molecule has 4 aromatic heterocycles. The molecule has 0 spiro atoms. The number of hydrogen-bond donors (Lipinski definition) is 0. The SMILES string of the molecule is O=c1c(-c2ccccc2)c(-c2ccccc2)c2cccc3c2n1CC3.O=c1c(-c2ccccc2)c(-c2ccccc2)c2cccc3c2n1CC3.O=c1c(-c2ccccc2)c(-c2ccccc2)c2cccc3c2n1CC3.O=c1c(-c2ccccc2)c(-c2ccccc2)c2cccc3c2n1CC3. The third-order valence-electron chi connectivity index (χ3n) is 20.4. The summed E-state index contributed by atoms with van der Waals surface area (Å²) in [6.07, 6.45) is 3.72. The Kier molecular flexibility index (Phi) is 16.0. The summed E-state index contributed by atoms with van der Waals surface area (Å²) in [5.74, 6) is 0. The van der Waals surface area contributed by atoms with Gasteiger partial charge >= 0.3 is 0 Å². The molecule has 0 atom stereocenters. The van der Waals surface area contributed by atoms with Gasteiger partial charge in [-0.05, 0) is 92.4 Å². The smallest absolute Gasteiger partial charge is 0.259 e. The van der Waals surface area contributed by atoms with Crippen molar-refractivity contribution in [2.24, 2.45) is 0 Å². The quantitative estimate of drug-likeness (QED) is 0.152. The number of rotatable bonds is 8. The molecule has 16 aromatic rings. The summed E-state index contributed by atoms with van der Waals surface area (Å²) >= 11 is 0. The van der Waals surface area contributed by atoms with Crippen LogP contribution in [0.25, 0.3) is 133 Å². The molecule has 0 N–H and O–H groups in total. The van der Waals surface area contributed by atoms with Gasteiger partial charge in [0.05, 0.1) is 44.3 Å². The third-order valence-corrected chi connectivity index (χ3v) is 20.4. The third kappa shape index (κ3) is 10.6. The molecule has 4 aliphatic heterocycles. The van der Waals surface area contributed by atoms with Crippen molar-refractivity contribution >= 4 is 43.6 Å². The molecule has 0 amide bonds. The van der Waals surface area contributed by atoms with Crippen molar-refractivity contribution in [1.82, 2.24) is 18.3 Å². The number of benzene rings is 12. The molecule has 0 unspecified atom stereocenters. The first-order chi connectivity index (χ1) is 49.4. The lowest BCUT2D eigenvalue weighted by Crippen LogP contribution is -2.21. The summed E-state index contributed by atoms with van der Waals surface area (Å²) in [5, 5.41) is 4.67. The zero-order chi connectivity index (χ0) is 67.2. The van der Waals surface area contributed by atoms with E-state index < -0.39 is 0 Å². The van der Waals surface area contributed by atoms with Crippen molar-refractivity contribution in [3.63, 3.8) is 0 Å². The first-order valence-electron chi connectivity index (χ1n) is 34.5. The number of aromatic nitrogens is 4. The monoisotopic (exact) mass is 1290 g/mol. The summed E-state index contributed by atoms with van der Waals surface area (Å²) in [4.78, 5) is 53.6. The van der Waals surface area contributed by atoms with E-state index in [1.54, 1.807) is 0 Å². The van der Waals surface area contributed by atoms with E-state index in [2.05, 4.69) is 121 Å². The van der Waals surface area contributed by atoms with Crippen molar-refractivity contribution in [3.8, 4) is 89.0 Å². The highest BCUT2D eigenvalue weighted by atomic mass is 16.1. The predicted octanol–water partition coefficient (Wildman–Crippen LogP) is 19.6. The van der Waals surface area contributed by atoms with Gasteiger partial charge in [0.15, 0.2) is 0 Å². The number of aryl methyl sites for hydroxylation is 8. The fraction of sp³-hybridized carbons (Fsp3) is 0.0870. The largest absolute Gasteiger partial charge is 0.307 e. The highest BCUT2D eigenvalue weighted by Gasteiger charge is 2.29. The second-order valence-corrected chi connectivity index (χ2v) is 26.0. The lowest BCUT2D eigenvalue weighted by atomic mass is 9.91. The highest BCUT2D eigenvalue weighted by molar-refractivity contribution is 6.07. The van der Waals surface area contributed by atoms with Crippen LogP contribution in [-0.2, 0) is 51.9 Å². The van der Waals surface area contributed by atoms with Crippen LogP contribution in [0.15, 0.2) is 335 Å². The number of nitrogens with zero attached hydrogens (tertiary/aromatic N) is 4. The average molecular weight is 1290 g/mol. The maximum Gasteiger partial charge on any atom is 0.259 e. The van der Waals surface area contributed by atoms with Crippen LogP contribution < -0.4 is 22.2 Å². The van der Waals surface area contributed by atoms with E-state index in [0.29, 0.717) is 0 Å². The molecule has 0 fully saturated rings. The van der Waals surface area contributed by atoms with E-state index in [9.17, 15) is 19.2 Å². The van der Waals surface area contributed by atoms with Crippen LogP contribution >= 0.6 is 0 Å². The molecule has 0 aliphatic carbocycles. The lowest BCUT2D eigenvalue weighted by molar-refractivity contribution is 0.743. The van der Waals surface area contributed by atoms with E-state index in [0.717, 1.165) is 163 Å². The van der Waals surface area contributed by atoms with Crippen LogP contribution in [0.1, 0.15) is 22.3 Å². The van der Waals surface area contributed by atoms with E-state index in [1.165, 1.54) is 43.8 Å². The molecule has 480 valence electrons.